The highest BCUT2D eigenvalue weighted by atomic mass is 14.1. The van der Waals surface area contributed by atoms with Gasteiger partial charge in [0.1, 0.15) is 0 Å². The van der Waals surface area contributed by atoms with Gasteiger partial charge in [-0.1, -0.05) is 68.5 Å². The van der Waals surface area contributed by atoms with Crippen LogP contribution in [0.15, 0.2) is 54.6 Å². The summed E-state index contributed by atoms with van der Waals surface area (Å²) in [4.78, 5) is 0. The van der Waals surface area contributed by atoms with E-state index in [2.05, 4.69) is 82.3 Å². The molecule has 0 atom stereocenters. The summed E-state index contributed by atoms with van der Waals surface area (Å²) in [5.41, 5.74) is 7.02. The highest BCUT2D eigenvalue weighted by Gasteiger charge is 2.04. The molecule has 2 aromatic rings. The molecule has 21 heavy (non-hydrogen) atoms. The first-order chi connectivity index (χ1) is 10.1. The number of benzene rings is 2. The van der Waals surface area contributed by atoms with Gasteiger partial charge in [0.15, 0.2) is 0 Å². The smallest absolute Gasteiger partial charge is 0.0228 e. The maximum absolute atomic E-state index is 2.40. The van der Waals surface area contributed by atoms with E-state index in [-0.39, 0.29) is 0 Å². The zero-order chi connectivity index (χ0) is 15.2. The molecule has 0 fully saturated rings. The summed E-state index contributed by atoms with van der Waals surface area (Å²) >= 11 is 0. The van der Waals surface area contributed by atoms with Crippen LogP contribution in [0.5, 0.6) is 0 Å². The molecule has 0 heteroatoms. The minimum absolute atomic E-state index is 0.583. The van der Waals surface area contributed by atoms with Gasteiger partial charge >= 0.3 is 0 Å². The Bertz CT molecular complexity index is 603. The lowest BCUT2D eigenvalue weighted by Gasteiger charge is -2.11. The molecule has 0 aromatic heterocycles. The van der Waals surface area contributed by atoms with E-state index >= 15 is 0 Å². The summed E-state index contributed by atoms with van der Waals surface area (Å²) in [5, 5.41) is 0. The average Bonchev–Trinajstić information content (AvgIpc) is 2.47. The Hall–Kier alpha value is -1.82. The number of aryl methyl sites for hydroxylation is 3. The molecule has 0 amide bonds. The third kappa shape index (κ3) is 4.60. The standard InChI is InChI=1S/C21H26/c1-16(2)14-21(20-8-6-5-7-9-20)13-12-19-11-10-17(3)18(4)15-19/h5-11,14-16H,12-13H2,1-4H3/b21-14+. The molecule has 110 valence electrons. The van der Waals surface area contributed by atoms with Gasteiger partial charge in [0.2, 0.25) is 0 Å². The Kier molecular flexibility index (Phi) is 5.38. The van der Waals surface area contributed by atoms with Crippen molar-refractivity contribution in [3.8, 4) is 0 Å². The van der Waals surface area contributed by atoms with E-state index in [1.807, 2.05) is 0 Å². The molecule has 0 saturated carbocycles. The monoisotopic (exact) mass is 278 g/mol. The summed E-state index contributed by atoms with van der Waals surface area (Å²) in [6.07, 6.45) is 4.61. The molecular formula is C21H26. The van der Waals surface area contributed by atoms with E-state index in [1.54, 1.807) is 0 Å². The van der Waals surface area contributed by atoms with Gasteiger partial charge in [-0.2, -0.15) is 0 Å². The third-order valence-electron chi connectivity index (χ3n) is 3.93. The normalized spacial score (nSPS) is 12.0. The molecule has 0 aliphatic rings. The Balaban J connectivity index is 2.15. The zero-order valence-electron chi connectivity index (χ0n) is 13.7. The first-order valence-electron chi connectivity index (χ1n) is 7.88. The summed E-state index contributed by atoms with van der Waals surface area (Å²) < 4.78 is 0. The van der Waals surface area contributed by atoms with Gasteiger partial charge in [-0.15, -0.1) is 0 Å². The molecular weight excluding hydrogens is 252 g/mol. The second kappa shape index (κ2) is 7.26. The highest BCUT2D eigenvalue weighted by molar-refractivity contribution is 5.65. The Morgan fingerprint density at radius 2 is 1.67 bits per heavy atom. The molecule has 0 bridgehead atoms. The second-order valence-electron chi connectivity index (χ2n) is 6.22. The van der Waals surface area contributed by atoms with Crippen molar-refractivity contribution in [3.05, 3.63) is 76.9 Å². The van der Waals surface area contributed by atoms with E-state index in [9.17, 15) is 0 Å². The molecule has 0 saturated heterocycles. The summed E-state index contributed by atoms with van der Waals surface area (Å²) in [6, 6.07) is 17.6. The van der Waals surface area contributed by atoms with Gasteiger partial charge < -0.3 is 0 Å². The van der Waals surface area contributed by atoms with Crippen molar-refractivity contribution in [3.63, 3.8) is 0 Å². The van der Waals surface area contributed by atoms with Crippen LogP contribution in [-0.2, 0) is 6.42 Å². The SMILES string of the molecule is Cc1ccc(CC/C(=C\C(C)C)c2ccccc2)cc1C. The van der Waals surface area contributed by atoms with Crippen molar-refractivity contribution >= 4 is 5.57 Å². The summed E-state index contributed by atoms with van der Waals surface area (Å²) in [7, 11) is 0. The Morgan fingerprint density at radius 3 is 2.29 bits per heavy atom. The fraction of sp³-hybridized carbons (Fsp3) is 0.333. The van der Waals surface area contributed by atoms with Gasteiger partial charge in [-0.05, 0) is 60.4 Å². The molecule has 0 aliphatic heterocycles. The van der Waals surface area contributed by atoms with Crippen LogP contribution in [0.3, 0.4) is 0 Å². The van der Waals surface area contributed by atoms with Gasteiger partial charge in [-0.25, -0.2) is 0 Å². The first-order valence-corrected chi connectivity index (χ1v) is 7.88. The van der Waals surface area contributed by atoms with Gasteiger partial charge in [0.25, 0.3) is 0 Å². The van der Waals surface area contributed by atoms with Crippen LogP contribution in [0.4, 0.5) is 0 Å². The van der Waals surface area contributed by atoms with Crippen molar-refractivity contribution in [1.29, 1.82) is 0 Å². The quantitative estimate of drug-likeness (QED) is 0.631. The van der Waals surface area contributed by atoms with Gasteiger partial charge in [0.05, 0.1) is 0 Å². The molecule has 0 unspecified atom stereocenters. The molecule has 0 radical (unpaired) electrons. The van der Waals surface area contributed by atoms with E-state index in [1.165, 1.54) is 27.8 Å². The first kappa shape index (κ1) is 15.6. The lowest BCUT2D eigenvalue weighted by atomic mass is 9.94. The predicted octanol–water partition coefficient (Wildman–Crippen LogP) is 5.98. The average molecular weight is 278 g/mol. The van der Waals surface area contributed by atoms with Crippen LogP contribution in [0, 0.1) is 19.8 Å². The maximum Gasteiger partial charge on any atom is -0.0228 e. The number of hydrogen-bond donors (Lipinski definition) is 0. The predicted molar refractivity (Wildman–Crippen MR) is 93.5 cm³/mol. The van der Waals surface area contributed by atoms with Crippen molar-refractivity contribution < 1.29 is 0 Å². The number of allylic oxidation sites excluding steroid dienone is 2. The van der Waals surface area contributed by atoms with E-state index in [0.717, 1.165) is 12.8 Å². The van der Waals surface area contributed by atoms with E-state index in [4.69, 9.17) is 0 Å². The van der Waals surface area contributed by atoms with Crippen LogP contribution < -0.4 is 0 Å². The van der Waals surface area contributed by atoms with Crippen molar-refractivity contribution in [2.45, 2.75) is 40.5 Å². The lowest BCUT2D eigenvalue weighted by molar-refractivity contribution is 0.826. The topological polar surface area (TPSA) is 0 Å². The number of rotatable bonds is 5. The second-order valence-corrected chi connectivity index (χ2v) is 6.22. The van der Waals surface area contributed by atoms with Crippen LogP contribution in [0.25, 0.3) is 5.57 Å². The fourth-order valence-corrected chi connectivity index (χ4v) is 2.62. The number of hydrogen-bond acceptors (Lipinski definition) is 0. The zero-order valence-corrected chi connectivity index (χ0v) is 13.7. The van der Waals surface area contributed by atoms with Gasteiger partial charge in [-0.3, -0.25) is 0 Å². The van der Waals surface area contributed by atoms with Crippen LogP contribution in [0.2, 0.25) is 0 Å². The molecule has 0 nitrogen and oxygen atoms in total. The molecule has 0 heterocycles. The fourth-order valence-electron chi connectivity index (χ4n) is 2.62. The van der Waals surface area contributed by atoms with Crippen molar-refractivity contribution in [1.82, 2.24) is 0 Å². The molecule has 0 aliphatic carbocycles. The maximum atomic E-state index is 2.40. The molecule has 2 rings (SSSR count). The van der Waals surface area contributed by atoms with Crippen LogP contribution in [-0.4, -0.2) is 0 Å². The van der Waals surface area contributed by atoms with Crippen molar-refractivity contribution in [2.24, 2.45) is 5.92 Å². The van der Waals surface area contributed by atoms with Crippen LogP contribution in [0.1, 0.15) is 42.5 Å². The van der Waals surface area contributed by atoms with Crippen molar-refractivity contribution in [2.75, 3.05) is 0 Å². The third-order valence-corrected chi connectivity index (χ3v) is 3.93. The van der Waals surface area contributed by atoms with Gasteiger partial charge in [0, 0.05) is 0 Å². The minimum atomic E-state index is 0.583. The van der Waals surface area contributed by atoms with E-state index < -0.39 is 0 Å². The lowest BCUT2D eigenvalue weighted by Crippen LogP contribution is -1.94. The minimum Gasteiger partial charge on any atom is -0.0781 e. The Morgan fingerprint density at radius 1 is 0.952 bits per heavy atom. The highest BCUT2D eigenvalue weighted by Crippen LogP contribution is 2.23. The van der Waals surface area contributed by atoms with Crippen LogP contribution >= 0.6 is 0 Å². The summed E-state index contributed by atoms with van der Waals surface area (Å²) in [5.74, 6) is 0.583. The Labute approximate surface area is 129 Å². The van der Waals surface area contributed by atoms with E-state index in [0.29, 0.717) is 5.92 Å². The molecule has 0 spiro atoms. The largest absolute Gasteiger partial charge is 0.0781 e. The molecule has 2 aromatic carbocycles. The summed E-state index contributed by atoms with van der Waals surface area (Å²) in [6.45, 7) is 8.87. The molecule has 0 N–H and O–H groups in total.